The van der Waals surface area contributed by atoms with Crippen molar-refractivity contribution in [1.29, 1.82) is 0 Å². The summed E-state index contributed by atoms with van der Waals surface area (Å²) in [7, 11) is 0. The van der Waals surface area contributed by atoms with Crippen LogP contribution in [0.1, 0.15) is 55.1 Å². The summed E-state index contributed by atoms with van der Waals surface area (Å²) < 4.78 is 0. The monoisotopic (exact) mass is 238 g/mol. The molecular formula is C13H22N2S. The van der Waals surface area contributed by atoms with Gasteiger partial charge in [0.05, 0.1) is 10.7 Å². The molecule has 0 unspecified atom stereocenters. The normalized spacial score (nSPS) is 16.0. The van der Waals surface area contributed by atoms with Crippen LogP contribution < -0.4 is 5.32 Å². The van der Waals surface area contributed by atoms with Gasteiger partial charge in [-0.15, -0.1) is 11.3 Å². The van der Waals surface area contributed by atoms with E-state index in [1.807, 2.05) is 11.3 Å². The Morgan fingerprint density at radius 1 is 1.44 bits per heavy atom. The van der Waals surface area contributed by atoms with Gasteiger partial charge in [0.15, 0.2) is 0 Å². The molecule has 1 aromatic heterocycles. The summed E-state index contributed by atoms with van der Waals surface area (Å²) >= 11 is 1.92. The third-order valence-corrected chi connectivity index (χ3v) is 3.95. The van der Waals surface area contributed by atoms with Crippen molar-refractivity contribution in [3.05, 3.63) is 15.6 Å². The largest absolute Gasteiger partial charge is 0.312 e. The van der Waals surface area contributed by atoms with Gasteiger partial charge in [-0.1, -0.05) is 20.8 Å². The first-order chi connectivity index (χ1) is 7.70. The number of nitrogens with one attached hydrogen (secondary N) is 1. The molecule has 1 heterocycles. The highest BCUT2D eigenvalue weighted by Gasteiger charge is 2.29. The van der Waals surface area contributed by atoms with Crippen molar-refractivity contribution in [2.24, 2.45) is 5.92 Å². The van der Waals surface area contributed by atoms with Crippen molar-refractivity contribution in [1.82, 2.24) is 10.3 Å². The fourth-order valence-corrected chi connectivity index (χ4v) is 3.23. The summed E-state index contributed by atoms with van der Waals surface area (Å²) in [6, 6.07) is 0. The summed E-state index contributed by atoms with van der Waals surface area (Å²) in [6.45, 7) is 8.75. The Balaban J connectivity index is 2.09. The molecule has 0 saturated heterocycles. The Morgan fingerprint density at radius 2 is 2.19 bits per heavy atom. The number of hydrogen-bond acceptors (Lipinski definition) is 3. The van der Waals surface area contributed by atoms with Crippen molar-refractivity contribution >= 4 is 11.3 Å². The van der Waals surface area contributed by atoms with Crippen molar-refractivity contribution in [2.45, 2.75) is 52.5 Å². The van der Waals surface area contributed by atoms with Gasteiger partial charge in [-0.25, -0.2) is 4.98 Å². The second-order valence-corrected chi connectivity index (χ2v) is 6.24. The highest BCUT2D eigenvalue weighted by molar-refractivity contribution is 7.11. The molecule has 1 fully saturated rings. The molecule has 0 bridgehead atoms. The van der Waals surface area contributed by atoms with Gasteiger partial charge in [0.2, 0.25) is 0 Å². The zero-order valence-corrected chi connectivity index (χ0v) is 11.4. The Kier molecular flexibility index (Phi) is 3.98. The topological polar surface area (TPSA) is 24.9 Å². The summed E-state index contributed by atoms with van der Waals surface area (Å²) in [4.78, 5) is 6.33. The quantitative estimate of drug-likeness (QED) is 0.822. The average Bonchev–Trinajstić information content (AvgIpc) is 2.98. The minimum absolute atomic E-state index is 0.713. The van der Waals surface area contributed by atoms with E-state index in [4.69, 9.17) is 4.98 Å². The van der Waals surface area contributed by atoms with Gasteiger partial charge >= 0.3 is 0 Å². The van der Waals surface area contributed by atoms with Gasteiger partial charge in [-0.3, -0.25) is 0 Å². The van der Waals surface area contributed by atoms with Crippen LogP contribution in [0.3, 0.4) is 0 Å². The van der Waals surface area contributed by atoms with Crippen LogP contribution in [-0.2, 0) is 13.0 Å². The van der Waals surface area contributed by atoms with Crippen molar-refractivity contribution in [3.63, 3.8) is 0 Å². The lowest BCUT2D eigenvalue weighted by molar-refractivity contribution is 0.642. The maximum absolute atomic E-state index is 4.84. The molecule has 2 nitrogen and oxygen atoms in total. The lowest BCUT2D eigenvalue weighted by atomic mass is 10.1. The third kappa shape index (κ3) is 3.05. The lowest BCUT2D eigenvalue weighted by Crippen LogP contribution is -2.11. The predicted octanol–water partition coefficient (Wildman–Crippen LogP) is 3.33. The minimum atomic E-state index is 0.713. The highest BCUT2D eigenvalue weighted by Crippen LogP contribution is 2.42. The molecule has 0 amide bonds. The van der Waals surface area contributed by atoms with E-state index in [1.54, 1.807) is 0 Å². The fourth-order valence-electron chi connectivity index (χ4n) is 1.89. The van der Waals surface area contributed by atoms with E-state index in [0.29, 0.717) is 5.92 Å². The SMILES string of the molecule is CCNCc1sc(CC(C)C)nc1C1CC1. The predicted molar refractivity (Wildman–Crippen MR) is 70.0 cm³/mol. The summed E-state index contributed by atoms with van der Waals surface area (Å²) in [5.74, 6) is 1.50. The fraction of sp³-hybridized carbons (Fsp3) is 0.769. The highest BCUT2D eigenvalue weighted by atomic mass is 32.1. The molecule has 16 heavy (non-hydrogen) atoms. The molecule has 90 valence electrons. The Morgan fingerprint density at radius 3 is 2.75 bits per heavy atom. The van der Waals surface area contributed by atoms with E-state index in [0.717, 1.165) is 25.4 Å². The van der Waals surface area contributed by atoms with E-state index in [9.17, 15) is 0 Å². The first-order valence-corrected chi connectivity index (χ1v) is 7.21. The van der Waals surface area contributed by atoms with Gasteiger partial charge in [0, 0.05) is 23.8 Å². The van der Waals surface area contributed by atoms with Gasteiger partial charge < -0.3 is 5.32 Å². The van der Waals surface area contributed by atoms with Crippen LogP contribution in [0, 0.1) is 5.92 Å². The van der Waals surface area contributed by atoms with E-state index in [2.05, 4.69) is 26.1 Å². The van der Waals surface area contributed by atoms with Crippen molar-refractivity contribution < 1.29 is 0 Å². The average molecular weight is 238 g/mol. The molecule has 1 aromatic rings. The van der Waals surface area contributed by atoms with Crippen LogP contribution in [0.15, 0.2) is 0 Å². The minimum Gasteiger partial charge on any atom is -0.312 e. The molecule has 0 radical (unpaired) electrons. The number of nitrogens with zero attached hydrogens (tertiary/aromatic N) is 1. The zero-order valence-electron chi connectivity index (χ0n) is 10.5. The lowest BCUT2D eigenvalue weighted by Gasteiger charge is -2.00. The van der Waals surface area contributed by atoms with E-state index >= 15 is 0 Å². The molecule has 1 aliphatic carbocycles. The Labute approximate surface area is 102 Å². The molecule has 0 atom stereocenters. The molecule has 1 saturated carbocycles. The number of aromatic nitrogens is 1. The van der Waals surface area contributed by atoms with Gasteiger partial charge in [0.1, 0.15) is 0 Å². The van der Waals surface area contributed by atoms with Gasteiger partial charge in [-0.05, 0) is 25.3 Å². The molecule has 0 aromatic carbocycles. The van der Waals surface area contributed by atoms with E-state index < -0.39 is 0 Å². The van der Waals surface area contributed by atoms with Gasteiger partial charge in [0.25, 0.3) is 0 Å². The Hall–Kier alpha value is -0.410. The molecule has 0 aliphatic heterocycles. The first-order valence-electron chi connectivity index (χ1n) is 6.39. The standard InChI is InChI=1S/C13H22N2S/c1-4-14-8-11-13(10-5-6-10)15-12(16-11)7-9(2)3/h9-10,14H,4-8H2,1-3H3. The maximum Gasteiger partial charge on any atom is 0.0934 e. The number of hydrogen-bond donors (Lipinski definition) is 1. The molecular weight excluding hydrogens is 216 g/mol. The van der Waals surface area contributed by atoms with Crippen LogP contribution >= 0.6 is 11.3 Å². The van der Waals surface area contributed by atoms with Gasteiger partial charge in [-0.2, -0.15) is 0 Å². The van der Waals surface area contributed by atoms with Crippen LogP contribution in [0.25, 0.3) is 0 Å². The maximum atomic E-state index is 4.84. The van der Waals surface area contributed by atoms with Crippen LogP contribution in [-0.4, -0.2) is 11.5 Å². The van der Waals surface area contributed by atoms with Crippen LogP contribution in [0.2, 0.25) is 0 Å². The molecule has 3 heteroatoms. The van der Waals surface area contributed by atoms with E-state index in [-0.39, 0.29) is 0 Å². The number of rotatable bonds is 6. The molecule has 2 rings (SSSR count). The third-order valence-electron chi connectivity index (χ3n) is 2.85. The van der Waals surface area contributed by atoms with Crippen molar-refractivity contribution in [3.8, 4) is 0 Å². The van der Waals surface area contributed by atoms with Crippen molar-refractivity contribution in [2.75, 3.05) is 6.54 Å². The number of thiazole rings is 1. The smallest absolute Gasteiger partial charge is 0.0934 e. The molecule has 1 aliphatic rings. The van der Waals surface area contributed by atoms with Crippen LogP contribution in [0.5, 0.6) is 0 Å². The first kappa shape index (κ1) is 12.1. The second-order valence-electron chi connectivity index (χ2n) is 5.07. The summed E-state index contributed by atoms with van der Waals surface area (Å²) in [5.41, 5.74) is 1.40. The zero-order chi connectivity index (χ0) is 11.5. The Bertz CT molecular complexity index is 340. The van der Waals surface area contributed by atoms with E-state index in [1.165, 1.54) is 28.4 Å². The molecule has 1 N–H and O–H groups in total. The summed E-state index contributed by atoms with van der Waals surface area (Å²) in [6.07, 6.45) is 3.84. The van der Waals surface area contributed by atoms with Crippen LogP contribution in [0.4, 0.5) is 0 Å². The summed E-state index contributed by atoms with van der Waals surface area (Å²) in [5, 5.41) is 4.76. The second kappa shape index (κ2) is 5.28. The molecule has 0 spiro atoms.